The minimum Gasteiger partial charge on any atom is -0.489 e. The lowest BCUT2D eigenvalue weighted by molar-refractivity contribution is 0.0744. The molecule has 3 nitrogen and oxygen atoms in total. The highest BCUT2D eigenvalue weighted by Crippen LogP contribution is 2.32. The molecule has 19 heavy (non-hydrogen) atoms. The number of halogens is 2. The third kappa shape index (κ3) is 3.76. The second kappa shape index (κ2) is 6.31. The van der Waals surface area contributed by atoms with Gasteiger partial charge in [-0.3, -0.25) is 4.90 Å². The van der Waals surface area contributed by atoms with Crippen LogP contribution in [0.25, 0.3) is 0 Å². The summed E-state index contributed by atoms with van der Waals surface area (Å²) in [6, 6.07) is 5.39. The second-order valence-corrected chi connectivity index (χ2v) is 6.19. The van der Waals surface area contributed by atoms with Gasteiger partial charge in [0.1, 0.15) is 6.61 Å². The molecule has 0 saturated carbocycles. The van der Waals surface area contributed by atoms with Gasteiger partial charge in [0.05, 0.1) is 10.0 Å². The normalized spacial score (nSPS) is 19.4. The Hall–Kier alpha value is -0.480. The average Bonchev–Trinajstić information content (AvgIpc) is 2.34. The summed E-state index contributed by atoms with van der Waals surface area (Å²) in [5.41, 5.74) is 0.159. The van der Waals surface area contributed by atoms with E-state index in [0.717, 1.165) is 26.2 Å². The Balaban J connectivity index is 1.89. The smallest absolute Gasteiger partial charge is 0.156 e. The van der Waals surface area contributed by atoms with E-state index in [-0.39, 0.29) is 5.54 Å². The lowest BCUT2D eigenvalue weighted by Gasteiger charge is -2.42. The highest BCUT2D eigenvalue weighted by molar-refractivity contribution is 6.37. The van der Waals surface area contributed by atoms with E-state index in [1.165, 1.54) is 0 Å². The average molecular weight is 303 g/mol. The van der Waals surface area contributed by atoms with Gasteiger partial charge >= 0.3 is 0 Å². The molecule has 0 bridgehead atoms. The molecule has 1 fully saturated rings. The summed E-state index contributed by atoms with van der Waals surface area (Å²) in [4.78, 5) is 2.42. The van der Waals surface area contributed by atoms with Crippen molar-refractivity contribution in [1.29, 1.82) is 0 Å². The number of para-hydroxylation sites is 1. The van der Waals surface area contributed by atoms with Gasteiger partial charge in [0.2, 0.25) is 0 Å². The molecule has 106 valence electrons. The minimum atomic E-state index is 0.159. The Kier molecular flexibility index (Phi) is 4.96. The van der Waals surface area contributed by atoms with Crippen LogP contribution in [0.2, 0.25) is 10.0 Å². The fraction of sp³-hybridized carbons (Fsp3) is 0.571. The predicted octanol–water partition coefficient (Wildman–Crippen LogP) is 3.06. The van der Waals surface area contributed by atoms with Crippen molar-refractivity contribution < 1.29 is 4.74 Å². The quantitative estimate of drug-likeness (QED) is 0.925. The lowest BCUT2D eigenvalue weighted by atomic mass is 10.0. The third-order valence-corrected chi connectivity index (χ3v) is 4.09. The number of nitrogens with zero attached hydrogens (tertiary/aromatic N) is 1. The van der Waals surface area contributed by atoms with Crippen molar-refractivity contribution in [3.63, 3.8) is 0 Å². The Morgan fingerprint density at radius 1 is 1.32 bits per heavy atom. The van der Waals surface area contributed by atoms with Crippen molar-refractivity contribution in [2.24, 2.45) is 0 Å². The van der Waals surface area contributed by atoms with Crippen molar-refractivity contribution >= 4 is 23.2 Å². The Morgan fingerprint density at radius 3 is 2.63 bits per heavy atom. The minimum absolute atomic E-state index is 0.159. The molecular weight excluding hydrogens is 283 g/mol. The molecule has 0 atom stereocenters. The maximum Gasteiger partial charge on any atom is 0.156 e. The molecule has 1 aliphatic heterocycles. The summed E-state index contributed by atoms with van der Waals surface area (Å²) >= 11 is 12.1. The molecule has 0 aromatic heterocycles. The first-order valence-electron chi connectivity index (χ1n) is 6.53. The van der Waals surface area contributed by atoms with Crippen LogP contribution in [0.4, 0.5) is 0 Å². The van der Waals surface area contributed by atoms with Crippen LogP contribution < -0.4 is 10.1 Å². The van der Waals surface area contributed by atoms with Crippen LogP contribution in [0.3, 0.4) is 0 Å². The number of benzene rings is 1. The first-order valence-corrected chi connectivity index (χ1v) is 7.29. The van der Waals surface area contributed by atoms with Gasteiger partial charge in [0.25, 0.3) is 0 Å². The second-order valence-electron chi connectivity index (χ2n) is 5.38. The summed E-state index contributed by atoms with van der Waals surface area (Å²) in [5.74, 6) is 0.582. The molecule has 0 spiro atoms. The third-order valence-electron chi connectivity index (χ3n) is 3.50. The largest absolute Gasteiger partial charge is 0.489 e. The molecule has 0 aliphatic carbocycles. The molecule has 1 saturated heterocycles. The Bertz CT molecular complexity index is 417. The van der Waals surface area contributed by atoms with Gasteiger partial charge in [-0.1, -0.05) is 29.3 Å². The fourth-order valence-electron chi connectivity index (χ4n) is 2.32. The van der Waals surface area contributed by atoms with Gasteiger partial charge in [-0.05, 0) is 26.0 Å². The van der Waals surface area contributed by atoms with Gasteiger partial charge in [-0.25, -0.2) is 0 Å². The van der Waals surface area contributed by atoms with Crippen molar-refractivity contribution in [1.82, 2.24) is 10.2 Å². The van der Waals surface area contributed by atoms with E-state index in [1.54, 1.807) is 12.1 Å². The zero-order chi connectivity index (χ0) is 13.9. The molecule has 1 aliphatic rings. The van der Waals surface area contributed by atoms with Crippen LogP contribution in [0, 0.1) is 0 Å². The van der Waals surface area contributed by atoms with Gasteiger partial charge in [-0.15, -0.1) is 0 Å². The van der Waals surface area contributed by atoms with Crippen molar-refractivity contribution in [3.8, 4) is 5.75 Å². The lowest BCUT2D eigenvalue weighted by Crippen LogP contribution is -2.58. The van der Waals surface area contributed by atoms with E-state index in [9.17, 15) is 0 Å². The summed E-state index contributed by atoms with van der Waals surface area (Å²) in [5, 5.41) is 4.53. The van der Waals surface area contributed by atoms with E-state index >= 15 is 0 Å². The molecule has 1 aromatic carbocycles. The molecule has 0 radical (unpaired) electrons. The van der Waals surface area contributed by atoms with Crippen molar-refractivity contribution in [3.05, 3.63) is 28.2 Å². The standard InChI is InChI=1S/C14H20Cl2N2O/c1-14(2)10-17-6-7-18(14)8-9-19-13-11(15)4-3-5-12(13)16/h3-5,17H,6-10H2,1-2H3. The molecular formula is C14H20Cl2N2O. The highest BCUT2D eigenvalue weighted by Gasteiger charge is 2.29. The van der Waals surface area contributed by atoms with E-state index < -0.39 is 0 Å². The number of ether oxygens (including phenoxy) is 1. The van der Waals surface area contributed by atoms with Gasteiger partial charge in [0.15, 0.2) is 5.75 Å². The van der Waals surface area contributed by atoms with Gasteiger partial charge < -0.3 is 10.1 Å². The molecule has 0 unspecified atom stereocenters. The maximum atomic E-state index is 6.07. The zero-order valence-electron chi connectivity index (χ0n) is 11.4. The number of piperazine rings is 1. The van der Waals surface area contributed by atoms with Crippen LogP contribution >= 0.6 is 23.2 Å². The molecule has 1 N–H and O–H groups in total. The molecule has 1 aromatic rings. The van der Waals surface area contributed by atoms with E-state index in [4.69, 9.17) is 27.9 Å². The maximum absolute atomic E-state index is 6.07. The predicted molar refractivity (Wildman–Crippen MR) is 80.5 cm³/mol. The number of hydrogen-bond acceptors (Lipinski definition) is 3. The molecule has 1 heterocycles. The summed E-state index contributed by atoms with van der Waals surface area (Å²) in [7, 11) is 0. The van der Waals surface area contributed by atoms with E-state index in [2.05, 4.69) is 24.1 Å². The topological polar surface area (TPSA) is 24.5 Å². The zero-order valence-corrected chi connectivity index (χ0v) is 12.9. The van der Waals surface area contributed by atoms with Gasteiger partial charge in [0, 0.05) is 31.7 Å². The number of hydrogen-bond donors (Lipinski definition) is 1. The highest BCUT2D eigenvalue weighted by atomic mass is 35.5. The number of rotatable bonds is 4. The van der Waals surface area contributed by atoms with E-state index in [1.807, 2.05) is 6.07 Å². The van der Waals surface area contributed by atoms with Crippen molar-refractivity contribution in [2.45, 2.75) is 19.4 Å². The van der Waals surface area contributed by atoms with E-state index in [0.29, 0.717) is 22.4 Å². The summed E-state index contributed by atoms with van der Waals surface area (Å²) in [6.07, 6.45) is 0. The molecule has 0 amide bonds. The first kappa shape index (κ1) is 14.9. The van der Waals surface area contributed by atoms with Gasteiger partial charge in [-0.2, -0.15) is 0 Å². The van der Waals surface area contributed by atoms with Crippen LogP contribution in [0.15, 0.2) is 18.2 Å². The van der Waals surface area contributed by atoms with Crippen molar-refractivity contribution in [2.75, 3.05) is 32.8 Å². The monoisotopic (exact) mass is 302 g/mol. The van der Waals surface area contributed by atoms with Crippen LogP contribution in [0.5, 0.6) is 5.75 Å². The summed E-state index contributed by atoms with van der Waals surface area (Å²) in [6.45, 7) is 9.00. The Labute approximate surface area is 124 Å². The SMILES string of the molecule is CC1(C)CNCCN1CCOc1c(Cl)cccc1Cl. The number of nitrogens with one attached hydrogen (secondary N) is 1. The Morgan fingerprint density at radius 2 is 2.00 bits per heavy atom. The fourth-order valence-corrected chi connectivity index (χ4v) is 2.82. The summed E-state index contributed by atoms with van der Waals surface area (Å²) < 4.78 is 5.74. The van der Waals surface area contributed by atoms with Crippen LogP contribution in [-0.2, 0) is 0 Å². The first-order chi connectivity index (χ1) is 9.00. The molecule has 5 heteroatoms. The van der Waals surface area contributed by atoms with Crippen LogP contribution in [-0.4, -0.2) is 43.2 Å². The van der Waals surface area contributed by atoms with Crippen LogP contribution in [0.1, 0.15) is 13.8 Å². The molecule has 2 rings (SSSR count).